The predicted octanol–water partition coefficient (Wildman–Crippen LogP) is 4.54. The third kappa shape index (κ3) is 4.60. The number of amides is 1. The lowest BCUT2D eigenvalue weighted by Crippen LogP contribution is -2.27. The molecule has 1 amide bonds. The van der Waals surface area contributed by atoms with Gasteiger partial charge in [-0.3, -0.25) is 14.5 Å². The highest BCUT2D eigenvalue weighted by Crippen LogP contribution is 2.37. The monoisotopic (exact) mass is 441 g/mol. The fraction of sp³-hybridized carbons (Fsp3) is 0.182. The van der Waals surface area contributed by atoms with Crippen molar-refractivity contribution >= 4 is 57.7 Å². The molecule has 1 N–H and O–H groups in total. The van der Waals surface area contributed by atoms with Crippen molar-refractivity contribution in [1.82, 2.24) is 0 Å². The van der Waals surface area contributed by atoms with E-state index in [0.717, 1.165) is 11.8 Å². The van der Waals surface area contributed by atoms with Crippen LogP contribution in [0.5, 0.6) is 5.75 Å². The molecule has 6 nitrogen and oxygen atoms in total. The molecule has 0 aromatic heterocycles. The van der Waals surface area contributed by atoms with Gasteiger partial charge >= 0.3 is 5.97 Å². The van der Waals surface area contributed by atoms with Gasteiger partial charge < -0.3 is 9.84 Å². The van der Waals surface area contributed by atoms with Crippen molar-refractivity contribution in [2.45, 2.75) is 26.4 Å². The van der Waals surface area contributed by atoms with Crippen LogP contribution < -0.4 is 9.64 Å². The Hall–Kier alpha value is -2.97. The van der Waals surface area contributed by atoms with E-state index in [-0.39, 0.29) is 17.3 Å². The number of hydrogen-bond acceptors (Lipinski definition) is 6. The zero-order chi connectivity index (χ0) is 21.8. The van der Waals surface area contributed by atoms with Crippen molar-refractivity contribution in [3.05, 3.63) is 64.6 Å². The molecule has 30 heavy (non-hydrogen) atoms. The van der Waals surface area contributed by atoms with Gasteiger partial charge in [-0.1, -0.05) is 55.2 Å². The number of thiocarbonyl (C=S) groups is 1. The first-order valence-corrected chi connectivity index (χ1v) is 10.4. The first-order chi connectivity index (χ1) is 14.3. The van der Waals surface area contributed by atoms with E-state index in [4.69, 9.17) is 17.0 Å². The smallest absolute Gasteiger partial charge is 0.335 e. The number of ether oxygens (including phenoxy) is 1. The number of para-hydroxylation sites is 1. The third-order valence-electron chi connectivity index (χ3n) is 4.44. The molecular weight excluding hydrogens is 422 g/mol. The summed E-state index contributed by atoms with van der Waals surface area (Å²) in [5.41, 5.74) is 1.11. The Morgan fingerprint density at radius 3 is 2.63 bits per heavy atom. The van der Waals surface area contributed by atoms with E-state index in [2.05, 4.69) is 0 Å². The molecule has 1 atom stereocenters. The fourth-order valence-corrected chi connectivity index (χ4v) is 4.21. The van der Waals surface area contributed by atoms with E-state index in [9.17, 15) is 19.5 Å². The summed E-state index contributed by atoms with van der Waals surface area (Å²) in [5.74, 6) is -1.00. The second kappa shape index (κ2) is 9.23. The van der Waals surface area contributed by atoms with E-state index in [1.165, 1.54) is 24.0 Å². The highest BCUT2D eigenvalue weighted by atomic mass is 32.2. The van der Waals surface area contributed by atoms with Crippen LogP contribution in [0.4, 0.5) is 5.69 Å². The summed E-state index contributed by atoms with van der Waals surface area (Å²) in [5, 5.41) is 9.20. The largest absolute Gasteiger partial charge is 0.482 e. The van der Waals surface area contributed by atoms with Crippen molar-refractivity contribution in [3.63, 3.8) is 0 Å². The minimum atomic E-state index is -1.08. The van der Waals surface area contributed by atoms with Crippen LogP contribution in [0, 0.1) is 0 Å². The summed E-state index contributed by atoms with van der Waals surface area (Å²) in [7, 11) is 0. The molecule has 1 unspecified atom stereocenters. The number of anilines is 1. The summed E-state index contributed by atoms with van der Waals surface area (Å²) in [6.45, 7) is 3.35. The average Bonchev–Trinajstić information content (AvgIpc) is 3.00. The van der Waals surface area contributed by atoms with Gasteiger partial charge in [0.15, 0.2) is 16.2 Å². The Kier molecular flexibility index (Phi) is 6.69. The summed E-state index contributed by atoms with van der Waals surface area (Å²) in [6.07, 6.45) is 1.64. The number of carboxylic acids is 1. The molecule has 0 bridgehead atoms. The van der Waals surface area contributed by atoms with Crippen LogP contribution in [0.15, 0.2) is 53.4 Å². The first kappa shape index (κ1) is 21.7. The van der Waals surface area contributed by atoms with Crippen LogP contribution in [0.2, 0.25) is 0 Å². The Morgan fingerprint density at radius 1 is 1.23 bits per heavy atom. The Labute approximate surface area is 183 Å². The summed E-state index contributed by atoms with van der Waals surface area (Å²) >= 11 is 6.49. The lowest BCUT2D eigenvalue weighted by atomic mass is 10.1. The molecule has 1 fully saturated rings. The average molecular weight is 442 g/mol. The Bertz CT molecular complexity index is 1060. The van der Waals surface area contributed by atoms with Crippen LogP contribution in [0.25, 0.3) is 6.08 Å². The molecular formula is C22H19NO5S2. The number of carbonyl (C=O) groups is 3. The van der Waals surface area contributed by atoms with Crippen molar-refractivity contribution in [2.24, 2.45) is 0 Å². The van der Waals surface area contributed by atoms with Crippen molar-refractivity contribution in [2.75, 3.05) is 4.90 Å². The Balaban J connectivity index is 1.92. The van der Waals surface area contributed by atoms with Crippen LogP contribution >= 0.6 is 24.0 Å². The van der Waals surface area contributed by atoms with Crippen LogP contribution in [-0.4, -0.2) is 33.2 Å². The minimum absolute atomic E-state index is 0.0686. The van der Waals surface area contributed by atoms with Crippen LogP contribution in [0.1, 0.15) is 36.2 Å². The maximum absolute atomic E-state index is 13.0. The molecule has 0 saturated carbocycles. The normalized spacial score (nSPS) is 16.1. The third-order valence-corrected chi connectivity index (χ3v) is 5.75. The van der Waals surface area contributed by atoms with Gasteiger partial charge in [-0.15, -0.1) is 0 Å². The first-order valence-electron chi connectivity index (χ1n) is 9.19. The summed E-state index contributed by atoms with van der Waals surface area (Å²) in [4.78, 5) is 37.7. The number of thioether (sulfide) groups is 1. The van der Waals surface area contributed by atoms with Gasteiger partial charge in [-0.05, 0) is 43.7 Å². The zero-order valence-corrected chi connectivity index (χ0v) is 18.0. The van der Waals surface area contributed by atoms with Gasteiger partial charge in [0.1, 0.15) is 5.75 Å². The van der Waals surface area contributed by atoms with Crippen molar-refractivity contribution in [3.8, 4) is 5.75 Å². The lowest BCUT2D eigenvalue weighted by molar-refractivity contribution is -0.123. The van der Waals surface area contributed by atoms with E-state index in [1.54, 1.807) is 36.4 Å². The standard InChI is InChI=1S/C22H19NO5S2/c1-3-17(13(2)24)28-18-10-5-4-7-14(18)12-19-20(25)23(22(29)30-19)16-9-6-8-15(11-16)21(26)27/h4-12,17H,3H2,1-2H3,(H,26,27)/b19-12-. The van der Waals surface area contributed by atoms with Gasteiger partial charge in [0.2, 0.25) is 0 Å². The highest BCUT2D eigenvalue weighted by Gasteiger charge is 2.34. The minimum Gasteiger partial charge on any atom is -0.482 e. The molecule has 1 aliphatic heterocycles. The molecule has 0 radical (unpaired) electrons. The number of rotatable bonds is 7. The van der Waals surface area contributed by atoms with E-state index < -0.39 is 12.1 Å². The molecule has 1 heterocycles. The maximum Gasteiger partial charge on any atom is 0.335 e. The number of benzene rings is 2. The molecule has 154 valence electrons. The molecule has 8 heteroatoms. The quantitative estimate of drug-likeness (QED) is 0.499. The molecule has 0 aliphatic carbocycles. The number of hydrogen-bond donors (Lipinski definition) is 1. The number of aromatic carboxylic acids is 1. The van der Waals surface area contributed by atoms with Crippen LogP contribution in [-0.2, 0) is 9.59 Å². The summed E-state index contributed by atoms with van der Waals surface area (Å²) in [6, 6.07) is 13.2. The lowest BCUT2D eigenvalue weighted by Gasteiger charge is -2.16. The molecule has 3 rings (SSSR count). The number of Topliss-reactive ketones (excluding diaryl/α,β-unsaturated/α-hetero) is 1. The van der Waals surface area contributed by atoms with Gasteiger partial charge in [0, 0.05) is 5.56 Å². The number of nitrogens with zero attached hydrogens (tertiary/aromatic N) is 1. The molecule has 1 saturated heterocycles. The summed E-state index contributed by atoms with van der Waals surface area (Å²) < 4.78 is 6.16. The fourth-order valence-electron chi connectivity index (χ4n) is 2.92. The van der Waals surface area contributed by atoms with Gasteiger partial charge in [-0.25, -0.2) is 4.79 Å². The Morgan fingerprint density at radius 2 is 1.97 bits per heavy atom. The number of carbonyl (C=O) groups excluding carboxylic acids is 2. The highest BCUT2D eigenvalue weighted by molar-refractivity contribution is 8.27. The zero-order valence-electron chi connectivity index (χ0n) is 16.3. The van der Waals surface area contributed by atoms with E-state index in [1.807, 2.05) is 13.0 Å². The second-order valence-electron chi connectivity index (χ2n) is 6.54. The van der Waals surface area contributed by atoms with Gasteiger partial charge in [0.25, 0.3) is 5.91 Å². The van der Waals surface area contributed by atoms with E-state index >= 15 is 0 Å². The SMILES string of the molecule is CCC(Oc1ccccc1/C=C1\SC(=S)N(c2cccc(C(=O)O)c2)C1=O)C(C)=O. The molecule has 2 aromatic rings. The molecule has 0 spiro atoms. The van der Waals surface area contributed by atoms with E-state index in [0.29, 0.717) is 32.6 Å². The maximum atomic E-state index is 13.0. The number of ketones is 1. The van der Waals surface area contributed by atoms with Crippen molar-refractivity contribution in [1.29, 1.82) is 0 Å². The predicted molar refractivity (Wildman–Crippen MR) is 121 cm³/mol. The molecule has 2 aromatic carbocycles. The van der Waals surface area contributed by atoms with Crippen molar-refractivity contribution < 1.29 is 24.2 Å². The topological polar surface area (TPSA) is 83.9 Å². The van der Waals surface area contributed by atoms with Gasteiger partial charge in [0.05, 0.1) is 16.2 Å². The second-order valence-corrected chi connectivity index (χ2v) is 8.21. The van der Waals surface area contributed by atoms with Crippen LogP contribution in [0.3, 0.4) is 0 Å². The number of carboxylic acid groups (broad SMARTS) is 1. The van der Waals surface area contributed by atoms with Gasteiger partial charge in [-0.2, -0.15) is 0 Å². The molecule has 1 aliphatic rings.